The van der Waals surface area contributed by atoms with E-state index in [1.54, 1.807) is 27.1 Å². The van der Waals surface area contributed by atoms with Crippen LogP contribution in [0.2, 0.25) is 0 Å². The highest BCUT2D eigenvalue weighted by atomic mass is 16.6. The van der Waals surface area contributed by atoms with E-state index < -0.39 is 0 Å². The van der Waals surface area contributed by atoms with Crippen LogP contribution in [0.25, 0.3) is 0 Å². The van der Waals surface area contributed by atoms with Crippen LogP contribution in [0.15, 0.2) is 23.4 Å². The zero-order chi connectivity index (χ0) is 23.1. The Morgan fingerprint density at radius 3 is 2.76 bits per heavy atom. The fourth-order valence-electron chi connectivity index (χ4n) is 10.5. The van der Waals surface area contributed by atoms with Crippen molar-refractivity contribution in [2.24, 2.45) is 33.7 Å². The molecule has 184 valence electrons. The van der Waals surface area contributed by atoms with Crippen molar-refractivity contribution < 1.29 is 14.3 Å². The molecule has 7 saturated carbocycles. The zero-order valence-corrected chi connectivity index (χ0v) is 21.1. The summed E-state index contributed by atoms with van der Waals surface area (Å²) >= 11 is 0. The van der Waals surface area contributed by atoms with Crippen LogP contribution in [0, 0.1) is 28.6 Å². The Kier molecular flexibility index (Phi) is 4.67. The molecule has 1 spiro atoms. The van der Waals surface area contributed by atoms with Gasteiger partial charge in [0.25, 0.3) is 0 Å². The van der Waals surface area contributed by atoms with Crippen molar-refractivity contribution in [1.82, 2.24) is 4.90 Å². The third kappa shape index (κ3) is 2.79. The summed E-state index contributed by atoms with van der Waals surface area (Å²) in [5.41, 5.74) is 4.22. The topological polar surface area (TPSA) is 43.3 Å². The largest absolute Gasteiger partial charge is 0.493 e. The molecule has 7 aliphatic carbocycles. The molecule has 0 radical (unpaired) electrons. The number of likely N-dealkylation sites (tertiary alicyclic amines) is 1. The van der Waals surface area contributed by atoms with E-state index in [0.717, 1.165) is 67.1 Å². The number of ether oxygens (including phenoxy) is 2. The Balaban J connectivity index is 1.02. The normalized spacial score (nSPS) is 44.9. The van der Waals surface area contributed by atoms with Crippen molar-refractivity contribution in [3.63, 3.8) is 0 Å². The molecular weight excluding hydrogens is 424 g/mol. The minimum atomic E-state index is 0.162. The fraction of sp³-hybridized carbons (Fsp3) is 0.759. The summed E-state index contributed by atoms with van der Waals surface area (Å²) in [6.45, 7) is 1.94. The van der Waals surface area contributed by atoms with Gasteiger partial charge < -0.3 is 19.2 Å². The van der Waals surface area contributed by atoms with E-state index in [0.29, 0.717) is 11.5 Å². The molecule has 7 atom stereocenters. The monoisotopic (exact) mass is 464 g/mol. The summed E-state index contributed by atoms with van der Waals surface area (Å²) in [4.78, 5) is 8.57. The Bertz CT molecular complexity index is 1020. The molecule has 1 aromatic rings. The first-order valence-electron chi connectivity index (χ1n) is 13.6. The summed E-state index contributed by atoms with van der Waals surface area (Å²) < 4.78 is 11.1. The number of benzene rings is 1. The maximum absolute atomic E-state index is 6.04. The molecule has 1 saturated heterocycles. The van der Waals surface area contributed by atoms with Gasteiger partial charge in [0.15, 0.2) is 11.5 Å². The molecule has 1 aliphatic heterocycles. The van der Waals surface area contributed by atoms with Crippen LogP contribution in [-0.2, 0) is 10.3 Å². The first-order valence-corrected chi connectivity index (χ1v) is 13.6. The zero-order valence-electron chi connectivity index (χ0n) is 21.1. The molecule has 9 rings (SSSR count). The molecule has 1 heterocycles. The summed E-state index contributed by atoms with van der Waals surface area (Å²) in [7, 11) is 5.70. The molecule has 34 heavy (non-hydrogen) atoms. The lowest BCUT2D eigenvalue weighted by atomic mass is 9.22. The van der Waals surface area contributed by atoms with E-state index in [2.05, 4.69) is 30.1 Å². The average Bonchev–Trinajstić information content (AvgIpc) is 3.17. The maximum Gasteiger partial charge on any atom is 0.161 e. The van der Waals surface area contributed by atoms with E-state index in [-0.39, 0.29) is 5.41 Å². The summed E-state index contributed by atoms with van der Waals surface area (Å²) in [6.07, 6.45) is 13.2. The minimum absolute atomic E-state index is 0.162. The lowest BCUT2D eigenvalue weighted by Crippen LogP contribution is -2.74. The van der Waals surface area contributed by atoms with Gasteiger partial charge in [0.05, 0.1) is 19.9 Å². The predicted octanol–water partition coefficient (Wildman–Crippen LogP) is 5.42. The first kappa shape index (κ1) is 21.5. The number of fused-ring (bicyclic) bond motifs is 1. The number of oxime groups is 1. The van der Waals surface area contributed by atoms with Gasteiger partial charge in [-0.25, -0.2) is 0 Å². The third-order valence-corrected chi connectivity index (χ3v) is 11.4. The van der Waals surface area contributed by atoms with Crippen LogP contribution < -0.4 is 9.47 Å². The molecule has 0 amide bonds. The number of hydrogen-bond donors (Lipinski definition) is 0. The summed E-state index contributed by atoms with van der Waals surface area (Å²) in [6, 6.07) is 6.99. The molecule has 8 aliphatic rings. The van der Waals surface area contributed by atoms with Gasteiger partial charge in [0.1, 0.15) is 6.61 Å². The van der Waals surface area contributed by atoms with Crippen LogP contribution in [-0.4, -0.2) is 51.1 Å². The van der Waals surface area contributed by atoms with Crippen LogP contribution in [0.1, 0.15) is 69.8 Å². The molecule has 5 bridgehead atoms. The van der Waals surface area contributed by atoms with Crippen molar-refractivity contribution in [1.29, 1.82) is 0 Å². The second kappa shape index (κ2) is 7.38. The Morgan fingerprint density at radius 1 is 1.09 bits per heavy atom. The van der Waals surface area contributed by atoms with Crippen LogP contribution in [0.5, 0.6) is 11.5 Å². The highest BCUT2D eigenvalue weighted by Gasteiger charge is 2.77. The summed E-state index contributed by atoms with van der Waals surface area (Å²) in [5, 5.41) is 4.73. The minimum Gasteiger partial charge on any atom is -0.493 e. The number of hydrogen-bond acceptors (Lipinski definition) is 5. The maximum atomic E-state index is 6.04. The first-order chi connectivity index (χ1) is 16.5. The van der Waals surface area contributed by atoms with Gasteiger partial charge in [-0.15, -0.1) is 0 Å². The highest BCUT2D eigenvalue weighted by molar-refractivity contribution is 5.86. The van der Waals surface area contributed by atoms with Gasteiger partial charge in [0.2, 0.25) is 0 Å². The van der Waals surface area contributed by atoms with E-state index >= 15 is 0 Å². The molecular formula is C29H40N2O3. The van der Waals surface area contributed by atoms with Gasteiger partial charge in [-0.2, -0.15) is 0 Å². The van der Waals surface area contributed by atoms with Gasteiger partial charge in [-0.05, 0) is 118 Å². The Morgan fingerprint density at radius 2 is 1.97 bits per heavy atom. The van der Waals surface area contributed by atoms with Gasteiger partial charge >= 0.3 is 0 Å². The Labute approximate surface area is 204 Å². The van der Waals surface area contributed by atoms with Crippen LogP contribution >= 0.6 is 0 Å². The average molecular weight is 465 g/mol. The number of methoxy groups -OCH3 is 2. The lowest BCUT2D eigenvalue weighted by Gasteiger charge is -2.82. The van der Waals surface area contributed by atoms with Crippen LogP contribution in [0.4, 0.5) is 0 Å². The number of likely N-dealkylation sites (N-methyl/N-ethyl adjacent to an activating group) is 1. The second-order valence-corrected chi connectivity index (χ2v) is 12.8. The molecule has 0 N–H and O–H groups in total. The van der Waals surface area contributed by atoms with E-state index in [1.165, 1.54) is 43.4 Å². The fourth-order valence-corrected chi connectivity index (χ4v) is 10.5. The highest BCUT2D eigenvalue weighted by Crippen LogP contribution is 2.85. The van der Waals surface area contributed by atoms with Crippen molar-refractivity contribution >= 4 is 5.71 Å². The quantitative estimate of drug-likeness (QED) is 0.399. The van der Waals surface area contributed by atoms with Crippen molar-refractivity contribution in [3.8, 4) is 11.5 Å². The van der Waals surface area contributed by atoms with Crippen LogP contribution in [0.3, 0.4) is 0 Å². The van der Waals surface area contributed by atoms with Gasteiger partial charge in [0, 0.05) is 17.9 Å². The molecule has 5 unspecified atom stereocenters. The SMILES string of the molecule is COc1ccc([C@@]23CC/C(=N\OCCC45CC6CC7CC(C6)(C4)C75)C[C@@H]2N(C)CC3)cc1OC. The number of rotatable bonds is 7. The summed E-state index contributed by atoms with van der Waals surface area (Å²) in [5.74, 6) is 4.78. The van der Waals surface area contributed by atoms with Crippen molar-refractivity contribution in [3.05, 3.63) is 23.8 Å². The molecule has 1 aromatic carbocycles. The van der Waals surface area contributed by atoms with Gasteiger partial charge in [-0.1, -0.05) is 11.2 Å². The molecule has 8 fully saturated rings. The molecule has 5 nitrogen and oxygen atoms in total. The van der Waals surface area contributed by atoms with E-state index in [4.69, 9.17) is 19.5 Å². The van der Waals surface area contributed by atoms with Crippen molar-refractivity contribution in [2.75, 3.05) is 34.4 Å². The number of nitrogens with zero attached hydrogens (tertiary/aromatic N) is 2. The van der Waals surface area contributed by atoms with E-state index in [9.17, 15) is 0 Å². The standard InChI is InChI=1S/C29H40N2O3/c1-31-10-8-29(21-4-5-23(32-2)24(13-21)33-3)7-6-22(14-25(29)31)30-34-11-9-27-15-19-12-20-17-28(16-19,18-27)26(20)27/h4-5,13,19-20,25-26H,6-12,14-18H2,1-3H3/b30-22+/t19?,20?,25-,26?,27?,28?,29-/m0/s1. The smallest absolute Gasteiger partial charge is 0.161 e. The van der Waals surface area contributed by atoms with Crippen molar-refractivity contribution in [2.45, 2.75) is 75.7 Å². The predicted molar refractivity (Wildman–Crippen MR) is 133 cm³/mol. The third-order valence-electron chi connectivity index (χ3n) is 11.4. The lowest BCUT2D eigenvalue weighted by molar-refractivity contribution is -0.335. The van der Waals surface area contributed by atoms with Gasteiger partial charge in [-0.3, -0.25) is 0 Å². The Hall–Kier alpha value is -1.75. The molecule has 5 heteroatoms. The second-order valence-electron chi connectivity index (χ2n) is 12.8. The molecule has 0 aromatic heterocycles. The van der Waals surface area contributed by atoms with E-state index in [1.807, 2.05) is 0 Å².